The van der Waals surface area contributed by atoms with Crippen LogP contribution in [0.4, 0.5) is 10.8 Å². The molecule has 2 heterocycles. The lowest BCUT2D eigenvalue weighted by Gasteiger charge is -2.19. The van der Waals surface area contributed by atoms with Crippen molar-refractivity contribution in [3.63, 3.8) is 0 Å². The molecule has 5 nitrogen and oxygen atoms in total. The Bertz CT molecular complexity index is 670. The summed E-state index contributed by atoms with van der Waals surface area (Å²) >= 11 is 1.48. The molecule has 1 aliphatic rings. The van der Waals surface area contributed by atoms with E-state index >= 15 is 0 Å². The SMILES string of the molecule is COc1ccccc1Nc1nc([C@]2(C)CCC(=O)O2)cs1. The van der Waals surface area contributed by atoms with Gasteiger partial charge >= 0.3 is 5.97 Å². The molecule has 0 bridgehead atoms. The van der Waals surface area contributed by atoms with Crippen LogP contribution in [0.3, 0.4) is 0 Å². The molecular weight excluding hydrogens is 288 g/mol. The summed E-state index contributed by atoms with van der Waals surface area (Å²) in [6, 6.07) is 7.66. The van der Waals surface area contributed by atoms with Gasteiger partial charge in [-0.25, -0.2) is 4.98 Å². The molecule has 1 fully saturated rings. The number of methoxy groups -OCH3 is 1. The van der Waals surface area contributed by atoms with Crippen molar-refractivity contribution in [3.05, 3.63) is 35.3 Å². The van der Waals surface area contributed by atoms with E-state index in [0.29, 0.717) is 12.8 Å². The maximum atomic E-state index is 11.3. The second-order valence-corrected chi connectivity index (χ2v) is 5.93. The highest BCUT2D eigenvalue weighted by Crippen LogP contribution is 2.38. The number of thiazole rings is 1. The van der Waals surface area contributed by atoms with Gasteiger partial charge in [-0.3, -0.25) is 4.79 Å². The second kappa shape index (κ2) is 5.37. The summed E-state index contributed by atoms with van der Waals surface area (Å²) in [6.45, 7) is 1.90. The van der Waals surface area contributed by atoms with E-state index in [1.54, 1.807) is 7.11 Å². The van der Waals surface area contributed by atoms with Crippen molar-refractivity contribution in [2.45, 2.75) is 25.4 Å². The van der Waals surface area contributed by atoms with Crippen LogP contribution in [0.15, 0.2) is 29.6 Å². The Kier molecular flexibility index (Phi) is 3.55. The van der Waals surface area contributed by atoms with Gasteiger partial charge in [-0.15, -0.1) is 11.3 Å². The molecule has 1 atom stereocenters. The van der Waals surface area contributed by atoms with Crippen LogP contribution < -0.4 is 10.1 Å². The average molecular weight is 304 g/mol. The molecule has 0 saturated carbocycles. The Morgan fingerprint density at radius 3 is 2.95 bits per heavy atom. The minimum Gasteiger partial charge on any atom is -0.495 e. The highest BCUT2D eigenvalue weighted by atomic mass is 32.1. The van der Waals surface area contributed by atoms with E-state index in [9.17, 15) is 4.79 Å². The van der Waals surface area contributed by atoms with E-state index in [2.05, 4.69) is 10.3 Å². The number of hydrogen-bond donors (Lipinski definition) is 1. The van der Waals surface area contributed by atoms with Crippen molar-refractivity contribution < 1.29 is 14.3 Å². The third-order valence-corrected chi connectivity index (χ3v) is 4.30. The molecular formula is C15H16N2O3S. The number of nitrogens with zero attached hydrogens (tertiary/aromatic N) is 1. The first-order valence-electron chi connectivity index (χ1n) is 6.68. The van der Waals surface area contributed by atoms with Gasteiger partial charge in [0.2, 0.25) is 0 Å². The number of aromatic nitrogens is 1. The molecule has 6 heteroatoms. The van der Waals surface area contributed by atoms with Crippen LogP contribution in [-0.4, -0.2) is 18.1 Å². The van der Waals surface area contributed by atoms with Crippen LogP contribution in [0.2, 0.25) is 0 Å². The number of carbonyl (C=O) groups is 1. The molecule has 0 aliphatic carbocycles. The number of carbonyl (C=O) groups excluding carboxylic acids is 1. The third-order valence-electron chi connectivity index (χ3n) is 3.54. The van der Waals surface area contributed by atoms with Crippen LogP contribution in [0.5, 0.6) is 5.75 Å². The number of esters is 1. The zero-order valence-corrected chi connectivity index (χ0v) is 12.7. The lowest BCUT2D eigenvalue weighted by atomic mass is 10.00. The van der Waals surface area contributed by atoms with Crippen molar-refractivity contribution in [1.82, 2.24) is 4.98 Å². The number of para-hydroxylation sites is 2. The highest BCUT2D eigenvalue weighted by Gasteiger charge is 2.39. The number of rotatable bonds is 4. The quantitative estimate of drug-likeness (QED) is 0.877. The molecule has 21 heavy (non-hydrogen) atoms. The predicted octanol–water partition coefficient (Wildman–Crippen LogP) is 3.45. The van der Waals surface area contributed by atoms with E-state index in [1.807, 2.05) is 36.6 Å². The van der Waals surface area contributed by atoms with Crippen molar-refractivity contribution in [1.29, 1.82) is 0 Å². The zero-order chi connectivity index (χ0) is 14.9. The summed E-state index contributed by atoms with van der Waals surface area (Å²) in [5, 5.41) is 5.91. The van der Waals surface area contributed by atoms with Gasteiger partial charge in [0.25, 0.3) is 0 Å². The Labute approximate surface area is 126 Å². The van der Waals surface area contributed by atoms with Crippen LogP contribution in [-0.2, 0) is 15.1 Å². The normalized spacial score (nSPS) is 21.1. The summed E-state index contributed by atoms with van der Waals surface area (Å²) in [6.07, 6.45) is 1.12. The minimum atomic E-state index is -0.603. The van der Waals surface area contributed by atoms with Crippen LogP contribution in [0.1, 0.15) is 25.5 Å². The molecule has 0 unspecified atom stereocenters. The van der Waals surface area contributed by atoms with Crippen molar-refractivity contribution >= 4 is 28.1 Å². The number of benzene rings is 1. The zero-order valence-electron chi connectivity index (χ0n) is 11.9. The predicted molar refractivity (Wildman–Crippen MR) is 81.1 cm³/mol. The highest BCUT2D eigenvalue weighted by molar-refractivity contribution is 7.13. The van der Waals surface area contributed by atoms with Gasteiger partial charge in [-0.1, -0.05) is 12.1 Å². The average Bonchev–Trinajstić information content (AvgIpc) is 3.08. The smallest absolute Gasteiger partial charge is 0.306 e. The monoisotopic (exact) mass is 304 g/mol. The van der Waals surface area contributed by atoms with Crippen molar-refractivity contribution in [2.75, 3.05) is 12.4 Å². The summed E-state index contributed by atoms with van der Waals surface area (Å²) in [5.74, 6) is 0.595. The first kappa shape index (κ1) is 13.9. The third kappa shape index (κ3) is 2.71. The van der Waals surface area contributed by atoms with Crippen LogP contribution >= 0.6 is 11.3 Å². The van der Waals surface area contributed by atoms with Gasteiger partial charge in [0, 0.05) is 18.2 Å². The fourth-order valence-corrected chi connectivity index (χ4v) is 3.16. The molecule has 1 aromatic heterocycles. The summed E-state index contributed by atoms with van der Waals surface area (Å²) < 4.78 is 10.7. The maximum Gasteiger partial charge on any atom is 0.306 e. The fraction of sp³-hybridized carbons (Fsp3) is 0.333. The minimum absolute atomic E-state index is 0.162. The van der Waals surface area contributed by atoms with Crippen molar-refractivity contribution in [3.8, 4) is 5.75 Å². The molecule has 0 spiro atoms. The molecule has 1 aliphatic heterocycles. The fourth-order valence-electron chi connectivity index (χ4n) is 2.31. The Balaban J connectivity index is 1.81. The Morgan fingerprint density at radius 1 is 1.43 bits per heavy atom. The lowest BCUT2D eigenvalue weighted by molar-refractivity contribution is -0.148. The van der Waals surface area contributed by atoms with E-state index in [0.717, 1.165) is 22.3 Å². The van der Waals surface area contributed by atoms with Gasteiger partial charge in [0.15, 0.2) is 10.7 Å². The first-order valence-corrected chi connectivity index (χ1v) is 7.56. The van der Waals surface area contributed by atoms with Gasteiger partial charge < -0.3 is 14.8 Å². The van der Waals surface area contributed by atoms with Gasteiger partial charge in [0.05, 0.1) is 18.5 Å². The van der Waals surface area contributed by atoms with Crippen molar-refractivity contribution in [2.24, 2.45) is 0 Å². The van der Waals surface area contributed by atoms with Gasteiger partial charge in [-0.2, -0.15) is 0 Å². The molecule has 3 rings (SSSR count). The molecule has 2 aromatic rings. The molecule has 1 aromatic carbocycles. The number of anilines is 2. The summed E-state index contributed by atoms with van der Waals surface area (Å²) in [7, 11) is 1.63. The standard InChI is InChI=1S/C15H16N2O3S/c1-15(8-7-13(18)20-15)12-9-21-14(17-12)16-10-5-3-4-6-11(10)19-2/h3-6,9H,7-8H2,1-2H3,(H,16,17)/t15-/m0/s1. The number of hydrogen-bond acceptors (Lipinski definition) is 6. The molecule has 110 valence electrons. The second-order valence-electron chi connectivity index (χ2n) is 5.07. The Morgan fingerprint density at radius 2 is 2.24 bits per heavy atom. The van der Waals surface area contributed by atoms with Crippen LogP contribution in [0, 0.1) is 0 Å². The molecule has 1 N–H and O–H groups in total. The summed E-state index contributed by atoms with van der Waals surface area (Å²) in [5.41, 5.74) is 1.04. The number of nitrogens with one attached hydrogen (secondary N) is 1. The van der Waals surface area contributed by atoms with E-state index in [-0.39, 0.29) is 5.97 Å². The molecule has 0 amide bonds. The van der Waals surface area contributed by atoms with Crippen LogP contribution in [0.25, 0.3) is 0 Å². The van der Waals surface area contributed by atoms with E-state index < -0.39 is 5.60 Å². The maximum absolute atomic E-state index is 11.3. The summed E-state index contributed by atoms with van der Waals surface area (Å²) in [4.78, 5) is 15.9. The first-order chi connectivity index (χ1) is 10.1. The lowest BCUT2D eigenvalue weighted by Crippen LogP contribution is -2.21. The van der Waals surface area contributed by atoms with Gasteiger partial charge in [-0.05, 0) is 19.1 Å². The van der Waals surface area contributed by atoms with E-state index in [4.69, 9.17) is 9.47 Å². The van der Waals surface area contributed by atoms with E-state index in [1.165, 1.54) is 11.3 Å². The van der Waals surface area contributed by atoms with Gasteiger partial charge in [0.1, 0.15) is 5.75 Å². The Hall–Kier alpha value is -2.08. The molecule has 1 saturated heterocycles. The number of ether oxygens (including phenoxy) is 2. The topological polar surface area (TPSA) is 60.5 Å². The largest absolute Gasteiger partial charge is 0.495 e. The molecule has 0 radical (unpaired) electrons. The number of cyclic esters (lactones) is 1.